The van der Waals surface area contributed by atoms with Crippen molar-refractivity contribution in [2.24, 2.45) is 0 Å². The van der Waals surface area contributed by atoms with Crippen LogP contribution < -0.4 is 14.8 Å². The Morgan fingerprint density at radius 2 is 2.03 bits per heavy atom. The topological polar surface area (TPSA) is 119 Å². The number of aromatic amines is 1. The fourth-order valence-corrected chi connectivity index (χ4v) is 3.81. The third-order valence-electron chi connectivity index (χ3n) is 5.53. The van der Waals surface area contributed by atoms with Crippen molar-refractivity contribution in [3.05, 3.63) is 35.5 Å². The van der Waals surface area contributed by atoms with Crippen molar-refractivity contribution >= 4 is 28.6 Å². The van der Waals surface area contributed by atoms with E-state index >= 15 is 0 Å². The van der Waals surface area contributed by atoms with E-state index in [2.05, 4.69) is 38.3 Å². The van der Waals surface area contributed by atoms with E-state index in [0.29, 0.717) is 59.2 Å². The number of hydrogen-bond acceptors (Lipinski definition) is 8. The third-order valence-corrected chi connectivity index (χ3v) is 5.53. The molecule has 34 heavy (non-hydrogen) atoms. The van der Waals surface area contributed by atoms with Crippen molar-refractivity contribution in [1.29, 1.82) is 5.26 Å². The molecule has 0 bridgehead atoms. The number of rotatable bonds is 7. The van der Waals surface area contributed by atoms with Gasteiger partial charge < -0.3 is 29.6 Å². The Labute approximate surface area is 198 Å². The summed E-state index contributed by atoms with van der Waals surface area (Å²) in [6.45, 7) is 9.21. The number of benzene rings is 1. The van der Waals surface area contributed by atoms with Crippen LogP contribution in [0.5, 0.6) is 11.6 Å². The molecule has 2 aromatic heterocycles. The fraction of sp³-hybridized carbons (Fsp3) is 0.417. The fourth-order valence-electron chi connectivity index (χ4n) is 3.81. The highest BCUT2D eigenvalue weighted by molar-refractivity contribution is 5.95. The summed E-state index contributed by atoms with van der Waals surface area (Å²) >= 11 is 0. The number of nitrogens with one attached hydrogen (secondary N) is 2. The number of piperazine rings is 1. The molecule has 1 amide bonds. The van der Waals surface area contributed by atoms with Crippen LogP contribution in [0.2, 0.25) is 0 Å². The Morgan fingerprint density at radius 1 is 1.26 bits per heavy atom. The molecule has 1 aliphatic heterocycles. The first-order valence-electron chi connectivity index (χ1n) is 11.4. The Hall–Kier alpha value is -3.84. The van der Waals surface area contributed by atoms with Crippen LogP contribution in [0.1, 0.15) is 36.7 Å². The van der Waals surface area contributed by atoms with Gasteiger partial charge in [-0.05, 0) is 46.0 Å². The Balaban J connectivity index is 1.65. The zero-order valence-corrected chi connectivity index (χ0v) is 19.9. The van der Waals surface area contributed by atoms with E-state index in [9.17, 15) is 10.1 Å². The van der Waals surface area contributed by atoms with Crippen LogP contribution >= 0.6 is 0 Å². The van der Waals surface area contributed by atoms with Crippen molar-refractivity contribution in [3.63, 3.8) is 0 Å². The summed E-state index contributed by atoms with van der Waals surface area (Å²) in [6, 6.07) is 7.46. The number of nitriles is 1. The molecule has 1 saturated heterocycles. The number of carbonyl (C=O) groups is 1. The number of likely N-dealkylation sites (N-methyl/N-ethyl adjacent to an activating group) is 1. The maximum atomic E-state index is 13.1. The Kier molecular flexibility index (Phi) is 6.84. The van der Waals surface area contributed by atoms with E-state index < -0.39 is 0 Å². The van der Waals surface area contributed by atoms with Crippen molar-refractivity contribution in [3.8, 4) is 17.7 Å². The molecule has 178 valence electrons. The average molecular weight is 464 g/mol. The molecule has 0 spiro atoms. The molecule has 2 N–H and O–H groups in total. The molecule has 0 radical (unpaired) electrons. The maximum absolute atomic E-state index is 13.1. The maximum Gasteiger partial charge on any atom is 0.254 e. The smallest absolute Gasteiger partial charge is 0.254 e. The number of amides is 1. The first kappa shape index (κ1) is 23.3. The predicted octanol–water partition coefficient (Wildman–Crippen LogP) is 3.15. The quantitative estimate of drug-likeness (QED) is 0.548. The minimum atomic E-state index is -0.0986. The van der Waals surface area contributed by atoms with E-state index in [1.54, 1.807) is 24.4 Å². The van der Waals surface area contributed by atoms with Crippen molar-refractivity contribution < 1.29 is 14.3 Å². The first-order valence-corrected chi connectivity index (χ1v) is 11.4. The normalized spacial score (nSPS) is 14.3. The summed E-state index contributed by atoms with van der Waals surface area (Å²) in [5, 5.41) is 13.1. The standard InChI is InChI=1S/C24H29N7O3/c1-5-33-22-20-17(13-25)14-26-21(20)28-24(29-22)27-18-7-6-16(12-19(18)34-15(2)3)23(32)31-10-8-30(4)9-11-31/h6-7,12,14-15H,5,8-11H2,1-4H3,(H2,26,27,28,29). The molecule has 0 atom stereocenters. The second kappa shape index (κ2) is 9.97. The molecule has 1 aliphatic rings. The van der Waals surface area contributed by atoms with Crippen LogP contribution in [-0.4, -0.2) is 76.6 Å². The number of fused-ring (bicyclic) bond motifs is 1. The highest BCUT2D eigenvalue weighted by Gasteiger charge is 2.22. The van der Waals surface area contributed by atoms with Gasteiger partial charge in [-0.15, -0.1) is 0 Å². The number of nitrogens with zero attached hydrogens (tertiary/aromatic N) is 5. The molecule has 10 nitrogen and oxygen atoms in total. The SMILES string of the molecule is CCOc1nc(Nc2ccc(C(=O)N3CCN(C)CC3)cc2OC(C)C)nc2[nH]cc(C#N)c12. The second-order valence-electron chi connectivity index (χ2n) is 8.42. The number of hydrogen-bond donors (Lipinski definition) is 2. The summed E-state index contributed by atoms with van der Waals surface area (Å²) in [7, 11) is 2.06. The molecule has 0 saturated carbocycles. The number of anilines is 2. The summed E-state index contributed by atoms with van der Waals surface area (Å²) in [6.07, 6.45) is 1.48. The van der Waals surface area contributed by atoms with Gasteiger partial charge in [-0.1, -0.05) is 0 Å². The van der Waals surface area contributed by atoms with Crippen LogP contribution in [0.15, 0.2) is 24.4 Å². The Bertz CT molecular complexity index is 1220. The molecule has 0 unspecified atom stereocenters. The monoisotopic (exact) mass is 463 g/mol. The summed E-state index contributed by atoms with van der Waals surface area (Å²) in [5.41, 5.74) is 2.10. The minimum Gasteiger partial charge on any atom is -0.489 e. The van der Waals surface area contributed by atoms with Gasteiger partial charge in [-0.25, -0.2) is 0 Å². The average Bonchev–Trinajstić information content (AvgIpc) is 3.23. The highest BCUT2D eigenvalue weighted by atomic mass is 16.5. The van der Waals surface area contributed by atoms with Crippen LogP contribution in [0.25, 0.3) is 11.0 Å². The van der Waals surface area contributed by atoms with Gasteiger partial charge in [-0.2, -0.15) is 15.2 Å². The molecule has 1 aromatic carbocycles. The lowest BCUT2D eigenvalue weighted by molar-refractivity contribution is 0.0663. The third kappa shape index (κ3) is 4.89. The summed E-state index contributed by atoms with van der Waals surface area (Å²) < 4.78 is 11.7. The zero-order chi connectivity index (χ0) is 24.2. The van der Waals surface area contributed by atoms with Crippen molar-refractivity contribution in [2.45, 2.75) is 26.9 Å². The van der Waals surface area contributed by atoms with Gasteiger partial charge in [0.15, 0.2) is 0 Å². The molecule has 0 aliphatic carbocycles. The molecule has 3 aromatic rings. The van der Waals surface area contributed by atoms with E-state index in [-0.39, 0.29) is 18.0 Å². The predicted molar refractivity (Wildman–Crippen MR) is 129 cm³/mol. The van der Waals surface area contributed by atoms with Gasteiger partial charge in [0.1, 0.15) is 17.5 Å². The summed E-state index contributed by atoms with van der Waals surface area (Å²) in [4.78, 5) is 29.1. The van der Waals surface area contributed by atoms with E-state index in [1.165, 1.54) is 0 Å². The second-order valence-corrected chi connectivity index (χ2v) is 8.42. The molecule has 1 fully saturated rings. The van der Waals surface area contributed by atoms with E-state index in [0.717, 1.165) is 13.1 Å². The number of ether oxygens (including phenoxy) is 2. The lowest BCUT2D eigenvalue weighted by atomic mass is 10.1. The van der Waals surface area contributed by atoms with Crippen LogP contribution in [0, 0.1) is 11.3 Å². The Morgan fingerprint density at radius 3 is 2.71 bits per heavy atom. The largest absolute Gasteiger partial charge is 0.489 e. The van der Waals surface area contributed by atoms with Crippen molar-refractivity contribution in [1.82, 2.24) is 24.8 Å². The molecule has 10 heteroatoms. The molecular formula is C24H29N7O3. The van der Waals surface area contributed by atoms with Crippen LogP contribution in [0.4, 0.5) is 11.6 Å². The van der Waals surface area contributed by atoms with Crippen molar-refractivity contribution in [2.75, 3.05) is 45.2 Å². The first-order chi connectivity index (χ1) is 16.4. The van der Waals surface area contributed by atoms with E-state index in [1.807, 2.05) is 25.7 Å². The van der Waals surface area contributed by atoms with Gasteiger partial charge >= 0.3 is 0 Å². The molecular weight excluding hydrogens is 434 g/mol. The minimum absolute atomic E-state index is 0.0139. The summed E-state index contributed by atoms with van der Waals surface area (Å²) in [5.74, 6) is 1.12. The number of H-pyrrole nitrogens is 1. The van der Waals surface area contributed by atoms with Gasteiger partial charge in [0, 0.05) is 37.9 Å². The number of carbonyl (C=O) groups excluding carboxylic acids is 1. The van der Waals surface area contributed by atoms with Gasteiger partial charge in [0.2, 0.25) is 11.8 Å². The van der Waals surface area contributed by atoms with E-state index in [4.69, 9.17) is 9.47 Å². The van der Waals surface area contributed by atoms with Gasteiger partial charge in [0.25, 0.3) is 5.91 Å². The molecule has 3 heterocycles. The van der Waals surface area contributed by atoms with Gasteiger partial charge in [0.05, 0.1) is 29.3 Å². The highest BCUT2D eigenvalue weighted by Crippen LogP contribution is 2.32. The van der Waals surface area contributed by atoms with Crippen LogP contribution in [-0.2, 0) is 0 Å². The van der Waals surface area contributed by atoms with Crippen LogP contribution in [0.3, 0.4) is 0 Å². The lowest BCUT2D eigenvalue weighted by Crippen LogP contribution is -2.47. The number of aromatic nitrogens is 3. The molecule has 4 rings (SSSR count). The lowest BCUT2D eigenvalue weighted by Gasteiger charge is -2.32. The van der Waals surface area contributed by atoms with Gasteiger partial charge in [-0.3, -0.25) is 4.79 Å². The zero-order valence-electron chi connectivity index (χ0n) is 19.9.